The second-order valence-corrected chi connectivity index (χ2v) is 6.93. The molecule has 148 valence electrons. The number of nitrogens with zero attached hydrogens (tertiary/aromatic N) is 4. The fourth-order valence-electron chi connectivity index (χ4n) is 3.53. The standard InChI is InChI=1S/C23H20N6O/c1-30-16-6-4-15(5-7-16)8-12-26-23-27-13-19-17-9-11-24-14-20(17)28-22-18(21(19)29-23)3-2-10-25-22/h2-7,9-11,13-14H,8,12H2,1H3,(H,25,28)(H,26,27,29). The molecule has 0 fully saturated rings. The molecule has 1 aliphatic rings. The normalized spacial score (nSPS) is 11.4. The molecule has 0 saturated carbocycles. The highest BCUT2D eigenvalue weighted by atomic mass is 16.5. The fraction of sp³-hybridized carbons (Fsp3) is 0.130. The maximum Gasteiger partial charge on any atom is 0.223 e. The van der Waals surface area contributed by atoms with Crippen LogP contribution < -0.4 is 15.4 Å². The molecule has 5 rings (SSSR count). The van der Waals surface area contributed by atoms with Crippen LogP contribution in [-0.2, 0) is 6.42 Å². The first kappa shape index (κ1) is 18.1. The van der Waals surface area contributed by atoms with E-state index in [-0.39, 0.29) is 0 Å². The first-order chi connectivity index (χ1) is 14.8. The molecule has 3 aromatic heterocycles. The van der Waals surface area contributed by atoms with E-state index in [1.807, 2.05) is 36.5 Å². The maximum absolute atomic E-state index is 5.21. The van der Waals surface area contributed by atoms with Crippen LogP contribution in [0.1, 0.15) is 5.56 Å². The Morgan fingerprint density at radius 1 is 0.933 bits per heavy atom. The lowest BCUT2D eigenvalue weighted by Gasteiger charge is -2.11. The van der Waals surface area contributed by atoms with Gasteiger partial charge in [0.05, 0.1) is 24.7 Å². The number of rotatable bonds is 5. The molecule has 7 heteroatoms. The van der Waals surface area contributed by atoms with E-state index in [0.717, 1.165) is 52.6 Å². The smallest absolute Gasteiger partial charge is 0.223 e. The molecule has 0 spiro atoms. The van der Waals surface area contributed by atoms with Crippen LogP contribution in [0.4, 0.5) is 17.5 Å². The summed E-state index contributed by atoms with van der Waals surface area (Å²) < 4.78 is 5.21. The molecular formula is C23H20N6O. The topological polar surface area (TPSA) is 84.8 Å². The Morgan fingerprint density at radius 2 is 1.83 bits per heavy atom. The van der Waals surface area contributed by atoms with Crippen molar-refractivity contribution in [1.82, 2.24) is 19.9 Å². The number of methoxy groups -OCH3 is 1. The molecule has 0 radical (unpaired) electrons. The number of hydrogen-bond acceptors (Lipinski definition) is 7. The highest BCUT2D eigenvalue weighted by Crippen LogP contribution is 2.41. The van der Waals surface area contributed by atoms with Crippen LogP contribution in [0, 0.1) is 0 Å². The summed E-state index contributed by atoms with van der Waals surface area (Å²) in [5, 5.41) is 6.71. The van der Waals surface area contributed by atoms with E-state index < -0.39 is 0 Å². The minimum atomic E-state index is 0.592. The number of benzene rings is 1. The van der Waals surface area contributed by atoms with Gasteiger partial charge in [-0.3, -0.25) is 4.98 Å². The summed E-state index contributed by atoms with van der Waals surface area (Å²) in [6.45, 7) is 0.726. The Kier molecular flexibility index (Phi) is 4.69. The molecular weight excluding hydrogens is 376 g/mol. The van der Waals surface area contributed by atoms with Crippen LogP contribution in [-0.4, -0.2) is 33.6 Å². The van der Waals surface area contributed by atoms with Gasteiger partial charge < -0.3 is 15.4 Å². The van der Waals surface area contributed by atoms with Gasteiger partial charge in [-0.15, -0.1) is 0 Å². The molecule has 1 aromatic carbocycles. The highest BCUT2D eigenvalue weighted by Gasteiger charge is 2.21. The molecule has 7 nitrogen and oxygen atoms in total. The fourth-order valence-corrected chi connectivity index (χ4v) is 3.53. The van der Waals surface area contributed by atoms with Gasteiger partial charge in [-0.25, -0.2) is 15.0 Å². The van der Waals surface area contributed by atoms with E-state index in [2.05, 4.69) is 37.7 Å². The first-order valence-corrected chi connectivity index (χ1v) is 9.72. The highest BCUT2D eigenvalue weighted by molar-refractivity contribution is 5.95. The summed E-state index contributed by atoms with van der Waals surface area (Å²) in [5.41, 5.74) is 5.84. The van der Waals surface area contributed by atoms with Gasteiger partial charge in [0.2, 0.25) is 5.95 Å². The van der Waals surface area contributed by atoms with Gasteiger partial charge in [-0.2, -0.15) is 0 Å². The zero-order valence-corrected chi connectivity index (χ0v) is 16.5. The summed E-state index contributed by atoms with van der Waals surface area (Å²) in [4.78, 5) is 18.1. The Morgan fingerprint density at radius 3 is 2.70 bits per heavy atom. The molecule has 1 aliphatic heterocycles. The molecule has 0 unspecified atom stereocenters. The minimum Gasteiger partial charge on any atom is -0.497 e. The Bertz CT molecular complexity index is 1190. The van der Waals surface area contributed by atoms with Crippen molar-refractivity contribution < 1.29 is 4.74 Å². The van der Waals surface area contributed by atoms with Crippen LogP contribution in [0.15, 0.2) is 67.3 Å². The lowest BCUT2D eigenvalue weighted by molar-refractivity contribution is 0.414. The molecule has 0 atom stereocenters. The molecule has 4 heterocycles. The molecule has 0 saturated heterocycles. The summed E-state index contributed by atoms with van der Waals surface area (Å²) in [7, 11) is 1.67. The number of anilines is 3. The number of ether oxygens (including phenoxy) is 1. The van der Waals surface area contributed by atoms with Crippen molar-refractivity contribution in [2.24, 2.45) is 0 Å². The Balaban J connectivity index is 1.43. The van der Waals surface area contributed by atoms with E-state index in [9.17, 15) is 0 Å². The third kappa shape index (κ3) is 3.41. The SMILES string of the molecule is COc1ccc(CCNc2ncc3c(n2)-c2cccnc2Nc2cnccc2-3)cc1. The molecule has 0 aliphatic carbocycles. The lowest BCUT2D eigenvalue weighted by atomic mass is 10.0. The quantitative estimate of drug-likeness (QED) is 0.458. The summed E-state index contributed by atoms with van der Waals surface area (Å²) in [6.07, 6.45) is 8.06. The molecule has 30 heavy (non-hydrogen) atoms. The maximum atomic E-state index is 5.21. The van der Waals surface area contributed by atoms with Gasteiger partial charge in [-0.05, 0) is 42.3 Å². The predicted molar refractivity (Wildman–Crippen MR) is 117 cm³/mol. The monoisotopic (exact) mass is 396 g/mol. The number of aromatic nitrogens is 4. The van der Waals surface area contributed by atoms with E-state index in [0.29, 0.717) is 5.95 Å². The Labute approximate surface area is 174 Å². The predicted octanol–water partition coefficient (Wildman–Crippen LogP) is 4.32. The average molecular weight is 396 g/mol. The number of fused-ring (bicyclic) bond motifs is 5. The summed E-state index contributed by atoms with van der Waals surface area (Å²) in [5.74, 6) is 2.21. The number of pyridine rings is 2. The summed E-state index contributed by atoms with van der Waals surface area (Å²) >= 11 is 0. The molecule has 4 aromatic rings. The van der Waals surface area contributed by atoms with Gasteiger partial charge in [0.15, 0.2) is 0 Å². The third-order valence-corrected chi connectivity index (χ3v) is 5.07. The first-order valence-electron chi connectivity index (χ1n) is 9.72. The van der Waals surface area contributed by atoms with Crippen LogP contribution in [0.25, 0.3) is 22.4 Å². The van der Waals surface area contributed by atoms with Gasteiger partial charge in [-0.1, -0.05) is 12.1 Å². The van der Waals surface area contributed by atoms with Gasteiger partial charge in [0, 0.05) is 41.8 Å². The van der Waals surface area contributed by atoms with Gasteiger partial charge >= 0.3 is 0 Å². The molecule has 0 bridgehead atoms. The van der Waals surface area contributed by atoms with Gasteiger partial charge in [0.25, 0.3) is 0 Å². The van der Waals surface area contributed by atoms with Crippen LogP contribution in [0.2, 0.25) is 0 Å². The Hall–Kier alpha value is -4.00. The van der Waals surface area contributed by atoms with Gasteiger partial charge in [0.1, 0.15) is 11.6 Å². The van der Waals surface area contributed by atoms with Crippen molar-refractivity contribution in [2.45, 2.75) is 6.42 Å². The van der Waals surface area contributed by atoms with Crippen LogP contribution in [0.3, 0.4) is 0 Å². The minimum absolute atomic E-state index is 0.592. The van der Waals surface area contributed by atoms with Crippen molar-refractivity contribution in [1.29, 1.82) is 0 Å². The zero-order chi connectivity index (χ0) is 20.3. The average Bonchev–Trinajstić information content (AvgIpc) is 2.94. The molecule has 0 amide bonds. The van der Waals surface area contributed by atoms with Crippen molar-refractivity contribution in [2.75, 3.05) is 24.3 Å². The van der Waals surface area contributed by atoms with E-state index in [1.54, 1.807) is 25.7 Å². The van der Waals surface area contributed by atoms with E-state index >= 15 is 0 Å². The van der Waals surface area contributed by atoms with Crippen molar-refractivity contribution in [3.05, 3.63) is 72.8 Å². The van der Waals surface area contributed by atoms with Crippen molar-refractivity contribution in [3.8, 4) is 28.1 Å². The second-order valence-electron chi connectivity index (χ2n) is 6.93. The third-order valence-electron chi connectivity index (χ3n) is 5.07. The molecule has 2 N–H and O–H groups in total. The van der Waals surface area contributed by atoms with E-state index in [1.165, 1.54) is 5.56 Å². The van der Waals surface area contributed by atoms with Crippen LogP contribution in [0.5, 0.6) is 5.75 Å². The van der Waals surface area contributed by atoms with Crippen molar-refractivity contribution in [3.63, 3.8) is 0 Å². The lowest BCUT2D eigenvalue weighted by Crippen LogP contribution is -2.08. The van der Waals surface area contributed by atoms with Crippen LogP contribution >= 0.6 is 0 Å². The number of hydrogen-bond donors (Lipinski definition) is 2. The second kappa shape index (κ2) is 7.79. The zero-order valence-electron chi connectivity index (χ0n) is 16.5. The van der Waals surface area contributed by atoms with Crippen molar-refractivity contribution >= 4 is 17.5 Å². The van der Waals surface area contributed by atoms with E-state index in [4.69, 9.17) is 9.72 Å². The largest absolute Gasteiger partial charge is 0.497 e. The number of nitrogens with one attached hydrogen (secondary N) is 2. The summed E-state index contributed by atoms with van der Waals surface area (Å²) in [6, 6.07) is 14.0.